The maximum absolute atomic E-state index is 4.37. The predicted molar refractivity (Wildman–Crippen MR) is 117 cm³/mol. The molecular weight excluding hydrogens is 441 g/mol. The lowest BCUT2D eigenvalue weighted by atomic mass is 9.60. The molecule has 2 heteroatoms. The average molecular weight is 457 g/mol. The van der Waals surface area contributed by atoms with Crippen molar-refractivity contribution in [3.05, 3.63) is 122 Å². The predicted octanol–water partition coefficient (Wildman–Crippen LogP) is 6.34. The number of nitrogens with zero attached hydrogens (tertiary/aromatic N) is 1. The van der Waals surface area contributed by atoms with Crippen molar-refractivity contribution in [3.63, 3.8) is 0 Å². The molecule has 1 nitrogen and oxygen atoms in total. The molecule has 0 radical (unpaired) electrons. The van der Waals surface area contributed by atoms with Crippen molar-refractivity contribution in [2.45, 2.75) is 11.8 Å². The van der Waals surface area contributed by atoms with Gasteiger partial charge in [-0.2, -0.15) is 0 Å². The summed E-state index contributed by atoms with van der Waals surface area (Å²) in [6, 6.07) is 26.8. The highest BCUT2D eigenvalue weighted by Gasteiger charge is 2.43. The number of aromatic nitrogens is 1. The molecule has 0 saturated heterocycles. The average Bonchev–Trinajstić information content (AvgIpc) is 2.74. The van der Waals surface area contributed by atoms with E-state index in [1.54, 1.807) is 0 Å². The molecule has 1 aromatic heterocycles. The molecule has 7 rings (SSSR count). The minimum absolute atomic E-state index is 0.294. The van der Waals surface area contributed by atoms with Gasteiger partial charge in [0, 0.05) is 33.4 Å². The van der Waals surface area contributed by atoms with Crippen molar-refractivity contribution in [1.82, 2.24) is 4.98 Å². The molecule has 0 aliphatic heterocycles. The van der Waals surface area contributed by atoms with Crippen LogP contribution in [0.15, 0.2) is 85.2 Å². The Kier molecular flexibility index (Phi) is 3.33. The quantitative estimate of drug-likeness (QED) is 0.263. The second kappa shape index (κ2) is 5.77. The minimum atomic E-state index is 0.294. The number of hydrogen-bond donors (Lipinski definition) is 0. The molecular formula is C25H16IN. The summed E-state index contributed by atoms with van der Waals surface area (Å²) >= 11 is 2.51. The SMILES string of the molecule is Ic1cccc2c1C1c3ccccc3C2c2c(-c3cccnc3)cccc21. The molecule has 2 unspecified atom stereocenters. The molecule has 4 aromatic rings. The third-order valence-corrected chi connectivity index (χ3v) is 6.96. The van der Waals surface area contributed by atoms with Crippen molar-refractivity contribution >= 4 is 22.6 Å². The van der Waals surface area contributed by atoms with Gasteiger partial charge in [-0.15, -0.1) is 0 Å². The van der Waals surface area contributed by atoms with Gasteiger partial charge in [-0.1, -0.05) is 60.7 Å². The van der Waals surface area contributed by atoms with Gasteiger partial charge in [-0.3, -0.25) is 4.98 Å². The van der Waals surface area contributed by atoms with Crippen LogP contribution in [-0.4, -0.2) is 4.98 Å². The summed E-state index contributed by atoms with van der Waals surface area (Å²) in [4.78, 5) is 4.37. The van der Waals surface area contributed by atoms with Crippen LogP contribution in [0.25, 0.3) is 11.1 Å². The van der Waals surface area contributed by atoms with Crippen LogP contribution in [0.3, 0.4) is 0 Å². The van der Waals surface area contributed by atoms with Gasteiger partial charge < -0.3 is 0 Å². The van der Waals surface area contributed by atoms with E-state index < -0.39 is 0 Å². The van der Waals surface area contributed by atoms with Crippen LogP contribution in [0, 0.1) is 3.57 Å². The second-order valence-electron chi connectivity index (χ2n) is 7.29. The van der Waals surface area contributed by atoms with Crippen LogP contribution >= 0.6 is 22.6 Å². The van der Waals surface area contributed by atoms with E-state index in [2.05, 4.69) is 94.3 Å². The summed E-state index contributed by atoms with van der Waals surface area (Å²) < 4.78 is 1.37. The number of hydrogen-bond acceptors (Lipinski definition) is 1. The number of benzene rings is 3. The van der Waals surface area contributed by atoms with E-state index in [0.29, 0.717) is 11.8 Å². The Morgan fingerprint density at radius 2 is 1.30 bits per heavy atom. The van der Waals surface area contributed by atoms with E-state index in [9.17, 15) is 0 Å². The van der Waals surface area contributed by atoms with Crippen molar-refractivity contribution in [3.8, 4) is 11.1 Å². The first-order chi connectivity index (χ1) is 13.3. The van der Waals surface area contributed by atoms with Crippen molar-refractivity contribution < 1.29 is 0 Å². The van der Waals surface area contributed by atoms with Crippen molar-refractivity contribution in [2.24, 2.45) is 0 Å². The highest BCUT2D eigenvalue weighted by atomic mass is 127. The lowest BCUT2D eigenvalue weighted by Gasteiger charge is -2.43. The van der Waals surface area contributed by atoms with E-state index in [4.69, 9.17) is 0 Å². The molecule has 2 atom stereocenters. The number of pyridine rings is 1. The monoisotopic (exact) mass is 457 g/mol. The van der Waals surface area contributed by atoms with Crippen molar-refractivity contribution in [2.75, 3.05) is 0 Å². The first-order valence-electron chi connectivity index (χ1n) is 9.25. The zero-order chi connectivity index (χ0) is 18.0. The molecule has 0 amide bonds. The van der Waals surface area contributed by atoms with E-state index in [0.717, 1.165) is 0 Å². The van der Waals surface area contributed by atoms with Crippen LogP contribution in [0.4, 0.5) is 0 Å². The fourth-order valence-electron chi connectivity index (χ4n) is 5.03. The molecule has 128 valence electrons. The molecule has 3 aliphatic rings. The zero-order valence-corrected chi connectivity index (χ0v) is 16.7. The fourth-order valence-corrected chi connectivity index (χ4v) is 5.86. The van der Waals surface area contributed by atoms with Gasteiger partial charge in [0.1, 0.15) is 0 Å². The summed E-state index contributed by atoms with van der Waals surface area (Å²) in [7, 11) is 0. The standard InChI is InChI=1S/C25H16IN/c26-21-12-4-11-20-23-17-7-1-2-8-18(17)24(25(20)21)19-10-3-9-16(22(19)23)15-6-5-13-27-14-15/h1-14,23-24H. The lowest BCUT2D eigenvalue weighted by molar-refractivity contribution is 0.752. The van der Waals surface area contributed by atoms with Crippen LogP contribution in [-0.2, 0) is 0 Å². The summed E-state index contributed by atoms with van der Waals surface area (Å²) in [6.45, 7) is 0. The highest BCUT2D eigenvalue weighted by Crippen LogP contribution is 2.58. The highest BCUT2D eigenvalue weighted by molar-refractivity contribution is 14.1. The van der Waals surface area contributed by atoms with Gasteiger partial charge >= 0.3 is 0 Å². The molecule has 0 saturated carbocycles. The number of halogens is 1. The van der Waals surface area contributed by atoms with Gasteiger partial charge in [0.25, 0.3) is 0 Å². The Bertz CT molecular complexity index is 1200. The normalized spacial score (nSPS) is 18.6. The first kappa shape index (κ1) is 15.6. The molecule has 2 bridgehead atoms. The van der Waals surface area contributed by atoms with Crippen molar-refractivity contribution in [1.29, 1.82) is 0 Å². The summed E-state index contributed by atoms with van der Waals surface area (Å²) in [6.07, 6.45) is 3.83. The third kappa shape index (κ3) is 2.08. The third-order valence-electron chi connectivity index (χ3n) is 6.02. The van der Waals surface area contributed by atoms with E-state index in [-0.39, 0.29) is 0 Å². The summed E-state index contributed by atoms with van der Waals surface area (Å²) in [5, 5.41) is 0. The Balaban J connectivity index is 1.73. The minimum Gasteiger partial charge on any atom is -0.264 e. The maximum Gasteiger partial charge on any atom is 0.0359 e. The van der Waals surface area contributed by atoms with Crippen LogP contribution in [0.1, 0.15) is 45.2 Å². The van der Waals surface area contributed by atoms with Gasteiger partial charge in [0.15, 0.2) is 0 Å². The van der Waals surface area contributed by atoms with E-state index in [1.807, 2.05) is 18.5 Å². The van der Waals surface area contributed by atoms with Crippen LogP contribution in [0.5, 0.6) is 0 Å². The zero-order valence-electron chi connectivity index (χ0n) is 14.6. The molecule has 3 aliphatic carbocycles. The first-order valence-corrected chi connectivity index (χ1v) is 10.3. The van der Waals surface area contributed by atoms with Gasteiger partial charge in [0.2, 0.25) is 0 Å². The topological polar surface area (TPSA) is 12.9 Å². The molecule has 0 spiro atoms. The van der Waals surface area contributed by atoms with Gasteiger partial charge in [0.05, 0.1) is 0 Å². The van der Waals surface area contributed by atoms with Crippen LogP contribution in [0.2, 0.25) is 0 Å². The molecule has 0 N–H and O–H groups in total. The fraction of sp³-hybridized carbons (Fsp3) is 0.0800. The smallest absolute Gasteiger partial charge is 0.0359 e. The molecule has 1 heterocycles. The second-order valence-corrected chi connectivity index (χ2v) is 8.45. The van der Waals surface area contributed by atoms with Crippen LogP contribution < -0.4 is 0 Å². The Labute approximate surface area is 172 Å². The molecule has 27 heavy (non-hydrogen) atoms. The van der Waals surface area contributed by atoms with Gasteiger partial charge in [-0.05, 0) is 73.7 Å². The summed E-state index contributed by atoms with van der Waals surface area (Å²) in [5.74, 6) is 0.614. The van der Waals surface area contributed by atoms with Gasteiger partial charge in [-0.25, -0.2) is 0 Å². The maximum atomic E-state index is 4.37. The number of rotatable bonds is 1. The van der Waals surface area contributed by atoms with E-state index in [1.165, 1.54) is 48.1 Å². The Morgan fingerprint density at radius 1 is 0.630 bits per heavy atom. The van der Waals surface area contributed by atoms with E-state index >= 15 is 0 Å². The molecule has 3 aromatic carbocycles. The largest absolute Gasteiger partial charge is 0.264 e. The lowest BCUT2D eigenvalue weighted by Crippen LogP contribution is -2.28. The Hall–Kier alpha value is -2.46. The molecule has 0 fully saturated rings. The summed E-state index contributed by atoms with van der Waals surface area (Å²) in [5.41, 5.74) is 11.3. The Morgan fingerprint density at radius 3 is 2.04 bits per heavy atom.